The van der Waals surface area contributed by atoms with Crippen LogP contribution in [0.15, 0.2) is 41.3 Å². The number of hydrogen-bond acceptors (Lipinski definition) is 7. The highest BCUT2D eigenvalue weighted by Crippen LogP contribution is 2.30. The third-order valence-electron chi connectivity index (χ3n) is 6.37. The number of fused-ring (bicyclic) bond motifs is 1. The quantitative estimate of drug-likeness (QED) is 0.360. The number of hydrogen-bond donors (Lipinski definition) is 4. The van der Waals surface area contributed by atoms with Gasteiger partial charge in [-0.15, -0.1) is 0 Å². The van der Waals surface area contributed by atoms with E-state index in [4.69, 9.17) is 0 Å². The van der Waals surface area contributed by atoms with Gasteiger partial charge in [-0.2, -0.15) is 0 Å². The molecule has 0 bridgehead atoms. The molecule has 1 aliphatic heterocycles. The Morgan fingerprint density at radius 1 is 1.00 bits per heavy atom. The van der Waals surface area contributed by atoms with Gasteiger partial charge in [0.1, 0.15) is 0 Å². The standard InChI is InChI=1S/C24H37N3O5S/c1-26(2)21-11-7-10-20-19(21)9-8-12-23(20)33(31,32)25-13-5-3-4-6-14-27-15-18(17-28)24(30)22(29)16-27/h7-12,18,22,24-25,28-30H,3-6,13-17H2,1-2H3/t18-,22-,24-/m1/s1. The number of β-amino-alcohol motifs (C(OH)–C–C–N with tert-alkyl or cyclic N) is 1. The molecular weight excluding hydrogens is 442 g/mol. The van der Waals surface area contributed by atoms with Crippen molar-refractivity contribution in [3.63, 3.8) is 0 Å². The van der Waals surface area contributed by atoms with E-state index in [1.165, 1.54) is 0 Å². The predicted molar refractivity (Wildman–Crippen MR) is 131 cm³/mol. The summed E-state index contributed by atoms with van der Waals surface area (Å²) in [6, 6.07) is 11.1. The SMILES string of the molecule is CN(C)c1cccc2c(S(=O)(=O)NCCCCCCN3C[C@H](CO)[C@@H](O)[C@H](O)C3)cccc12. The average Bonchev–Trinajstić information content (AvgIpc) is 2.79. The first-order valence-electron chi connectivity index (χ1n) is 11.6. The Morgan fingerprint density at radius 2 is 1.70 bits per heavy atom. The summed E-state index contributed by atoms with van der Waals surface area (Å²) >= 11 is 0. The van der Waals surface area contributed by atoms with Gasteiger partial charge in [-0.3, -0.25) is 0 Å². The van der Waals surface area contributed by atoms with E-state index in [0.29, 0.717) is 29.9 Å². The first-order valence-corrected chi connectivity index (χ1v) is 13.1. The molecule has 3 atom stereocenters. The van der Waals surface area contributed by atoms with Crippen LogP contribution >= 0.6 is 0 Å². The van der Waals surface area contributed by atoms with E-state index in [9.17, 15) is 23.7 Å². The van der Waals surface area contributed by atoms with Gasteiger partial charge in [0.15, 0.2) is 0 Å². The van der Waals surface area contributed by atoms with Crippen LogP contribution in [-0.2, 0) is 10.0 Å². The molecule has 0 radical (unpaired) electrons. The highest BCUT2D eigenvalue weighted by molar-refractivity contribution is 7.89. The fraction of sp³-hybridized carbons (Fsp3) is 0.583. The van der Waals surface area contributed by atoms with E-state index >= 15 is 0 Å². The van der Waals surface area contributed by atoms with Gasteiger partial charge < -0.3 is 25.1 Å². The van der Waals surface area contributed by atoms with E-state index < -0.39 is 22.2 Å². The van der Waals surface area contributed by atoms with Crippen LogP contribution in [0.5, 0.6) is 0 Å². The summed E-state index contributed by atoms with van der Waals surface area (Å²) in [4.78, 5) is 4.35. The normalized spacial score (nSPS) is 22.0. The number of rotatable bonds is 11. The molecule has 0 saturated carbocycles. The molecule has 0 aromatic heterocycles. The fourth-order valence-electron chi connectivity index (χ4n) is 4.54. The van der Waals surface area contributed by atoms with E-state index in [1.807, 2.05) is 43.3 Å². The molecule has 2 aromatic carbocycles. The summed E-state index contributed by atoms with van der Waals surface area (Å²) in [5.41, 5.74) is 0.977. The number of nitrogens with one attached hydrogen (secondary N) is 1. The monoisotopic (exact) mass is 479 g/mol. The number of sulfonamides is 1. The minimum absolute atomic E-state index is 0.137. The molecule has 0 aliphatic carbocycles. The number of aliphatic hydroxyl groups is 3. The van der Waals surface area contributed by atoms with Crippen molar-refractivity contribution in [2.75, 3.05) is 51.8 Å². The molecule has 1 aliphatic rings. The summed E-state index contributed by atoms with van der Waals surface area (Å²) < 4.78 is 28.6. The minimum Gasteiger partial charge on any atom is -0.396 e. The number of nitrogens with zero attached hydrogens (tertiary/aromatic N) is 2. The first kappa shape index (κ1) is 25.9. The van der Waals surface area contributed by atoms with Gasteiger partial charge in [-0.1, -0.05) is 37.1 Å². The van der Waals surface area contributed by atoms with Gasteiger partial charge in [0, 0.05) is 62.7 Å². The average molecular weight is 480 g/mol. The Labute approximate surface area is 196 Å². The van der Waals surface area contributed by atoms with Crippen LogP contribution in [0.2, 0.25) is 0 Å². The maximum Gasteiger partial charge on any atom is 0.241 e. The van der Waals surface area contributed by atoms with E-state index in [2.05, 4.69) is 9.62 Å². The zero-order valence-electron chi connectivity index (χ0n) is 19.5. The van der Waals surface area contributed by atoms with Crippen molar-refractivity contribution in [2.24, 2.45) is 5.92 Å². The van der Waals surface area contributed by atoms with Crippen molar-refractivity contribution in [3.05, 3.63) is 36.4 Å². The van der Waals surface area contributed by atoms with Crippen LogP contribution in [0, 0.1) is 5.92 Å². The van der Waals surface area contributed by atoms with Gasteiger partial charge in [0.25, 0.3) is 0 Å². The summed E-state index contributed by atoms with van der Waals surface area (Å²) in [7, 11) is 0.269. The molecule has 8 nitrogen and oxygen atoms in total. The van der Waals surface area contributed by atoms with E-state index in [0.717, 1.165) is 43.3 Å². The summed E-state index contributed by atoms with van der Waals surface area (Å²) in [6.07, 6.45) is 1.81. The molecular formula is C24H37N3O5S. The second-order valence-corrected chi connectivity index (χ2v) is 10.8. The maximum atomic E-state index is 12.9. The third-order valence-corrected chi connectivity index (χ3v) is 7.89. The van der Waals surface area contributed by atoms with E-state index in [-0.39, 0.29) is 12.5 Å². The lowest BCUT2D eigenvalue weighted by atomic mass is 9.93. The lowest BCUT2D eigenvalue weighted by Gasteiger charge is -2.38. The lowest BCUT2D eigenvalue weighted by Crippen LogP contribution is -2.53. The van der Waals surface area contributed by atoms with Crippen molar-refractivity contribution in [2.45, 2.75) is 42.8 Å². The smallest absolute Gasteiger partial charge is 0.241 e. The van der Waals surface area contributed by atoms with Crippen LogP contribution in [0.1, 0.15) is 25.7 Å². The van der Waals surface area contributed by atoms with Crippen molar-refractivity contribution in [1.82, 2.24) is 9.62 Å². The summed E-state index contributed by atoms with van der Waals surface area (Å²) in [5, 5.41) is 30.8. The summed E-state index contributed by atoms with van der Waals surface area (Å²) in [5.74, 6) is -0.314. The van der Waals surface area contributed by atoms with Gasteiger partial charge in [0.2, 0.25) is 10.0 Å². The molecule has 0 spiro atoms. The summed E-state index contributed by atoms with van der Waals surface area (Å²) in [6.45, 7) is 2.03. The molecule has 4 N–H and O–H groups in total. The number of anilines is 1. The second-order valence-electron chi connectivity index (χ2n) is 9.09. The van der Waals surface area contributed by atoms with Crippen LogP contribution in [0.3, 0.4) is 0 Å². The van der Waals surface area contributed by atoms with Crippen molar-refractivity contribution >= 4 is 26.5 Å². The Bertz CT molecular complexity index is 1010. The number of unbranched alkanes of at least 4 members (excludes halogenated alkanes) is 3. The molecule has 0 amide bonds. The van der Waals surface area contributed by atoms with E-state index in [1.54, 1.807) is 12.1 Å². The molecule has 0 unspecified atom stereocenters. The fourth-order valence-corrected chi connectivity index (χ4v) is 5.83. The number of benzene rings is 2. The number of piperidine rings is 1. The largest absolute Gasteiger partial charge is 0.396 e. The van der Waals surface area contributed by atoms with Gasteiger partial charge in [-0.05, 0) is 31.5 Å². The highest BCUT2D eigenvalue weighted by atomic mass is 32.2. The van der Waals surface area contributed by atoms with Crippen molar-refractivity contribution < 1.29 is 23.7 Å². The Hall–Kier alpha value is -1.75. The maximum absolute atomic E-state index is 12.9. The van der Waals surface area contributed by atoms with Crippen molar-refractivity contribution in [1.29, 1.82) is 0 Å². The Kier molecular flexibility index (Phi) is 9.09. The minimum atomic E-state index is -3.61. The van der Waals surface area contributed by atoms with Gasteiger partial charge >= 0.3 is 0 Å². The first-order chi connectivity index (χ1) is 15.7. The van der Waals surface area contributed by atoms with Crippen LogP contribution in [0.25, 0.3) is 10.8 Å². The zero-order chi connectivity index (χ0) is 24.0. The second kappa shape index (κ2) is 11.6. The Balaban J connectivity index is 1.45. The molecule has 9 heteroatoms. The van der Waals surface area contributed by atoms with Gasteiger partial charge in [-0.25, -0.2) is 13.1 Å². The Morgan fingerprint density at radius 3 is 2.42 bits per heavy atom. The molecule has 184 valence electrons. The molecule has 1 saturated heterocycles. The van der Waals surface area contributed by atoms with Crippen LogP contribution < -0.4 is 9.62 Å². The van der Waals surface area contributed by atoms with Crippen LogP contribution in [0.4, 0.5) is 5.69 Å². The molecule has 33 heavy (non-hydrogen) atoms. The highest BCUT2D eigenvalue weighted by Gasteiger charge is 2.33. The predicted octanol–water partition coefficient (Wildman–Crippen LogP) is 1.39. The number of likely N-dealkylation sites (tertiary alicyclic amines) is 1. The number of aliphatic hydroxyl groups excluding tert-OH is 3. The van der Waals surface area contributed by atoms with Crippen LogP contribution in [-0.4, -0.2) is 87.7 Å². The molecule has 1 heterocycles. The lowest BCUT2D eigenvalue weighted by molar-refractivity contribution is -0.0861. The molecule has 3 rings (SSSR count). The molecule has 2 aromatic rings. The topological polar surface area (TPSA) is 113 Å². The van der Waals surface area contributed by atoms with Crippen molar-refractivity contribution in [3.8, 4) is 0 Å². The molecule has 1 fully saturated rings. The third kappa shape index (κ3) is 6.44. The zero-order valence-corrected chi connectivity index (χ0v) is 20.3. The van der Waals surface area contributed by atoms with Gasteiger partial charge in [0.05, 0.1) is 17.1 Å².